The van der Waals surface area contributed by atoms with Crippen molar-refractivity contribution in [2.24, 2.45) is 16.0 Å². The van der Waals surface area contributed by atoms with Gasteiger partial charge < -0.3 is 0 Å². The van der Waals surface area contributed by atoms with E-state index in [-0.39, 0.29) is 0 Å². The molecule has 0 bridgehead atoms. The average Bonchev–Trinajstić information content (AvgIpc) is 3.02. The van der Waals surface area contributed by atoms with Crippen LogP contribution in [0.3, 0.4) is 0 Å². The molecule has 1 heterocycles. The zero-order valence-corrected chi connectivity index (χ0v) is 15.8. The van der Waals surface area contributed by atoms with Gasteiger partial charge in [-0.1, -0.05) is 54.1 Å². The Kier molecular flexibility index (Phi) is 5.82. The summed E-state index contributed by atoms with van der Waals surface area (Å²) in [7, 11) is 0. The van der Waals surface area contributed by atoms with E-state index < -0.39 is 0 Å². The Morgan fingerprint density at radius 2 is 2.12 bits per heavy atom. The molecule has 1 atom stereocenters. The molecule has 2 aromatic rings. The molecule has 3 nitrogen and oxygen atoms in total. The highest BCUT2D eigenvalue weighted by Gasteiger charge is 2.10. The van der Waals surface area contributed by atoms with Gasteiger partial charge in [0.1, 0.15) is 0 Å². The van der Waals surface area contributed by atoms with Crippen LogP contribution in [0.25, 0.3) is 11.3 Å². The predicted octanol–water partition coefficient (Wildman–Crippen LogP) is 5.19. The Balaban J connectivity index is 1.98. The number of rotatable bonds is 5. The van der Waals surface area contributed by atoms with Crippen LogP contribution in [0, 0.1) is 12.8 Å². The molecule has 0 aliphatic heterocycles. The fourth-order valence-electron chi connectivity index (χ4n) is 2.76. The fourth-order valence-corrected chi connectivity index (χ4v) is 3.60. The summed E-state index contributed by atoms with van der Waals surface area (Å²) in [5.74, 6) is 0.511. The van der Waals surface area contributed by atoms with Gasteiger partial charge in [0.15, 0.2) is 0 Å². The number of thiazole rings is 1. The second-order valence-corrected chi connectivity index (χ2v) is 7.50. The minimum Gasteiger partial charge on any atom is -0.253 e. The topological polar surface area (TPSA) is 29.6 Å². The van der Waals surface area contributed by atoms with Gasteiger partial charge in [-0.25, -0.2) is 4.68 Å². The van der Waals surface area contributed by atoms with Gasteiger partial charge >= 0.3 is 0 Å². The maximum absolute atomic E-state index is 4.81. The summed E-state index contributed by atoms with van der Waals surface area (Å²) in [6.45, 7) is 8.69. The summed E-state index contributed by atoms with van der Waals surface area (Å²) in [6.07, 6.45) is 9.99. The van der Waals surface area contributed by atoms with E-state index in [4.69, 9.17) is 5.10 Å². The van der Waals surface area contributed by atoms with Crippen molar-refractivity contribution < 1.29 is 0 Å². The normalized spacial score (nSPS) is 18.2. The van der Waals surface area contributed by atoms with E-state index in [1.807, 2.05) is 11.6 Å². The van der Waals surface area contributed by atoms with Crippen molar-refractivity contribution in [2.45, 2.75) is 33.1 Å². The smallest absolute Gasteiger partial charge is 0.206 e. The van der Waals surface area contributed by atoms with E-state index in [9.17, 15) is 0 Å². The minimum atomic E-state index is 0.511. The number of aryl methyl sites for hydroxylation is 1. The second-order valence-electron chi connectivity index (χ2n) is 6.66. The molecule has 130 valence electrons. The molecule has 0 amide bonds. The lowest BCUT2D eigenvalue weighted by atomic mass is 9.96. The highest BCUT2D eigenvalue weighted by molar-refractivity contribution is 7.07. The van der Waals surface area contributed by atoms with Crippen LogP contribution in [-0.4, -0.2) is 17.4 Å². The molecule has 1 unspecified atom stereocenters. The third-order valence-corrected chi connectivity index (χ3v) is 5.07. The molecule has 0 N–H and O–H groups in total. The van der Waals surface area contributed by atoms with Crippen LogP contribution in [0.1, 0.15) is 31.7 Å². The molecule has 1 aromatic heterocycles. The molecule has 0 radical (unpaired) electrons. The number of benzene rings is 1. The van der Waals surface area contributed by atoms with Gasteiger partial charge in [0, 0.05) is 17.2 Å². The molecular formula is C21H25N3S. The first-order chi connectivity index (χ1) is 12.1. The lowest BCUT2D eigenvalue weighted by molar-refractivity contribution is 0.621. The molecule has 1 aliphatic carbocycles. The van der Waals surface area contributed by atoms with Crippen molar-refractivity contribution >= 4 is 17.6 Å². The first-order valence-electron chi connectivity index (χ1n) is 8.75. The second kappa shape index (κ2) is 8.26. The number of hydrogen-bond donors (Lipinski definition) is 0. The zero-order chi connectivity index (χ0) is 17.6. The van der Waals surface area contributed by atoms with E-state index >= 15 is 0 Å². The van der Waals surface area contributed by atoms with Crippen LogP contribution in [0.15, 0.2) is 64.0 Å². The quantitative estimate of drug-likeness (QED) is 0.524. The monoisotopic (exact) mass is 351 g/mol. The summed E-state index contributed by atoms with van der Waals surface area (Å²) in [6, 6.07) is 8.57. The van der Waals surface area contributed by atoms with Crippen LogP contribution in [0.5, 0.6) is 0 Å². The summed E-state index contributed by atoms with van der Waals surface area (Å²) < 4.78 is 1.98. The zero-order valence-electron chi connectivity index (χ0n) is 15.0. The van der Waals surface area contributed by atoms with Crippen molar-refractivity contribution in [1.82, 2.24) is 4.68 Å². The van der Waals surface area contributed by atoms with E-state index in [0.29, 0.717) is 12.5 Å². The SMILES string of the molecule is C=C(C)CN=c1scc(-c2ccc(C)cc2)n1N=CC1CC=CCC1. The number of nitrogens with zero attached hydrogens (tertiary/aromatic N) is 3. The third-order valence-electron chi connectivity index (χ3n) is 4.22. The molecule has 0 saturated carbocycles. The molecule has 25 heavy (non-hydrogen) atoms. The van der Waals surface area contributed by atoms with Gasteiger partial charge in [-0.15, -0.1) is 11.3 Å². The fraction of sp³-hybridized carbons (Fsp3) is 0.333. The van der Waals surface area contributed by atoms with Crippen molar-refractivity contribution in [1.29, 1.82) is 0 Å². The number of aromatic nitrogens is 1. The molecule has 1 aromatic carbocycles. The number of allylic oxidation sites excluding steroid dienone is 2. The Labute approximate surface area is 153 Å². The third kappa shape index (κ3) is 4.67. The molecule has 0 spiro atoms. The molecule has 0 saturated heterocycles. The van der Waals surface area contributed by atoms with E-state index in [2.05, 4.69) is 66.5 Å². The van der Waals surface area contributed by atoms with Gasteiger partial charge in [0.05, 0.1) is 12.2 Å². The van der Waals surface area contributed by atoms with Crippen LogP contribution < -0.4 is 4.80 Å². The van der Waals surface area contributed by atoms with Gasteiger partial charge in [0.2, 0.25) is 4.80 Å². The van der Waals surface area contributed by atoms with Crippen LogP contribution in [-0.2, 0) is 0 Å². The highest BCUT2D eigenvalue weighted by Crippen LogP contribution is 2.21. The number of hydrogen-bond acceptors (Lipinski definition) is 3. The summed E-state index contributed by atoms with van der Waals surface area (Å²) >= 11 is 1.63. The molecule has 3 rings (SSSR count). The van der Waals surface area contributed by atoms with Crippen molar-refractivity contribution in [3.63, 3.8) is 0 Å². The highest BCUT2D eigenvalue weighted by atomic mass is 32.1. The Morgan fingerprint density at radius 1 is 1.32 bits per heavy atom. The van der Waals surface area contributed by atoms with Gasteiger partial charge in [-0.2, -0.15) is 5.10 Å². The first kappa shape index (κ1) is 17.6. The summed E-state index contributed by atoms with van der Waals surface area (Å²) in [5, 5.41) is 6.95. The molecule has 4 heteroatoms. The lowest BCUT2D eigenvalue weighted by Crippen LogP contribution is -2.14. The average molecular weight is 352 g/mol. The van der Waals surface area contributed by atoms with Crippen molar-refractivity contribution in [3.8, 4) is 11.3 Å². The molecule has 0 fully saturated rings. The minimum absolute atomic E-state index is 0.511. The van der Waals surface area contributed by atoms with Gasteiger partial charge in [-0.05, 0) is 39.0 Å². The first-order valence-corrected chi connectivity index (χ1v) is 9.63. The largest absolute Gasteiger partial charge is 0.253 e. The Bertz CT molecular complexity index is 850. The predicted molar refractivity (Wildman–Crippen MR) is 108 cm³/mol. The Hall–Kier alpha value is -2.20. The van der Waals surface area contributed by atoms with E-state index in [1.54, 1.807) is 11.3 Å². The standard InChI is InChI=1S/C21H25N3S/c1-16(2)13-22-21-24(23-14-18-7-5-4-6-8-18)20(15-25-21)19-11-9-17(3)10-12-19/h4-5,9-12,14-15,18H,1,6-8,13H2,2-3H3. The van der Waals surface area contributed by atoms with Crippen molar-refractivity contribution in [2.75, 3.05) is 6.54 Å². The molecule has 1 aliphatic rings. The van der Waals surface area contributed by atoms with Crippen LogP contribution >= 0.6 is 11.3 Å². The van der Waals surface area contributed by atoms with E-state index in [0.717, 1.165) is 28.9 Å². The Morgan fingerprint density at radius 3 is 2.80 bits per heavy atom. The maximum Gasteiger partial charge on any atom is 0.206 e. The van der Waals surface area contributed by atoms with Gasteiger partial charge in [-0.3, -0.25) is 4.99 Å². The van der Waals surface area contributed by atoms with Crippen LogP contribution in [0.2, 0.25) is 0 Å². The lowest BCUT2D eigenvalue weighted by Gasteiger charge is -2.12. The van der Waals surface area contributed by atoms with Gasteiger partial charge in [0.25, 0.3) is 0 Å². The maximum atomic E-state index is 4.81. The van der Waals surface area contributed by atoms with Crippen LogP contribution in [0.4, 0.5) is 0 Å². The summed E-state index contributed by atoms with van der Waals surface area (Å²) in [5.41, 5.74) is 4.57. The molecular weight excluding hydrogens is 326 g/mol. The summed E-state index contributed by atoms with van der Waals surface area (Å²) in [4.78, 5) is 5.61. The van der Waals surface area contributed by atoms with E-state index in [1.165, 1.54) is 17.5 Å². The van der Waals surface area contributed by atoms with Crippen molar-refractivity contribution in [3.05, 3.63) is 64.3 Å².